The third-order valence-electron chi connectivity index (χ3n) is 4.40. The topological polar surface area (TPSA) is 29.5 Å². The molecule has 2 aromatic rings. The fourth-order valence-electron chi connectivity index (χ4n) is 3.01. The van der Waals surface area contributed by atoms with Crippen LogP contribution in [0.5, 0.6) is 0 Å². The first-order valence-electron chi connectivity index (χ1n) is 8.24. The summed E-state index contributed by atoms with van der Waals surface area (Å²) < 4.78 is 5.93. The summed E-state index contributed by atoms with van der Waals surface area (Å²) in [5.41, 5.74) is 2.35. The Kier molecular flexibility index (Phi) is 5.09. The first kappa shape index (κ1) is 15.8. The molecule has 0 aliphatic carbocycles. The minimum absolute atomic E-state index is 0.0203. The Labute approximate surface area is 137 Å². The first-order valence-corrected chi connectivity index (χ1v) is 8.24. The number of amides is 1. The van der Waals surface area contributed by atoms with Crippen LogP contribution in [-0.4, -0.2) is 30.0 Å². The van der Waals surface area contributed by atoms with Gasteiger partial charge in [0.05, 0.1) is 19.2 Å². The minimum Gasteiger partial charge on any atom is -0.370 e. The molecule has 0 bridgehead atoms. The third-order valence-corrected chi connectivity index (χ3v) is 4.40. The van der Waals surface area contributed by atoms with Gasteiger partial charge in [0.25, 0.3) is 0 Å². The number of ether oxygens (including phenoxy) is 1. The lowest BCUT2D eigenvalue weighted by Crippen LogP contribution is -2.48. The van der Waals surface area contributed by atoms with Gasteiger partial charge in [-0.1, -0.05) is 60.7 Å². The number of aryl methyl sites for hydroxylation is 1. The molecule has 2 aromatic carbocycles. The van der Waals surface area contributed by atoms with Crippen molar-refractivity contribution in [1.29, 1.82) is 0 Å². The molecule has 0 saturated carbocycles. The van der Waals surface area contributed by atoms with E-state index in [0.717, 1.165) is 12.0 Å². The lowest BCUT2D eigenvalue weighted by molar-refractivity contribution is -0.144. The number of rotatable bonds is 4. The lowest BCUT2D eigenvalue weighted by atomic mass is 10.0. The molecule has 120 valence electrons. The highest BCUT2D eigenvalue weighted by molar-refractivity contribution is 5.77. The molecule has 3 rings (SSSR count). The second-order valence-electron chi connectivity index (χ2n) is 6.11. The zero-order valence-corrected chi connectivity index (χ0v) is 13.5. The van der Waals surface area contributed by atoms with Gasteiger partial charge in [0.2, 0.25) is 5.91 Å². The highest BCUT2D eigenvalue weighted by Crippen LogP contribution is 2.25. The zero-order valence-electron chi connectivity index (χ0n) is 13.5. The van der Waals surface area contributed by atoms with Crippen molar-refractivity contribution in [1.82, 2.24) is 4.90 Å². The van der Waals surface area contributed by atoms with Crippen LogP contribution in [0.25, 0.3) is 0 Å². The largest absolute Gasteiger partial charge is 0.370 e. The van der Waals surface area contributed by atoms with Gasteiger partial charge in [-0.2, -0.15) is 0 Å². The molecule has 1 aliphatic rings. The summed E-state index contributed by atoms with van der Waals surface area (Å²) >= 11 is 0. The Balaban J connectivity index is 1.62. The van der Waals surface area contributed by atoms with Gasteiger partial charge >= 0.3 is 0 Å². The SMILES string of the molecule is CC1COC(c2ccccc2)CN1C(=O)CCc1ccccc1. The van der Waals surface area contributed by atoms with Crippen LogP contribution in [0.2, 0.25) is 0 Å². The molecule has 1 heterocycles. The van der Waals surface area contributed by atoms with E-state index in [9.17, 15) is 4.79 Å². The summed E-state index contributed by atoms with van der Waals surface area (Å²) in [6.07, 6.45) is 1.32. The zero-order chi connectivity index (χ0) is 16.1. The fraction of sp³-hybridized carbons (Fsp3) is 0.350. The van der Waals surface area contributed by atoms with Crippen molar-refractivity contribution in [2.75, 3.05) is 13.2 Å². The summed E-state index contributed by atoms with van der Waals surface area (Å²) in [5, 5.41) is 0. The highest BCUT2D eigenvalue weighted by atomic mass is 16.5. The van der Waals surface area contributed by atoms with Crippen molar-refractivity contribution in [3.8, 4) is 0 Å². The molecule has 2 atom stereocenters. The number of carbonyl (C=O) groups is 1. The second kappa shape index (κ2) is 7.42. The van der Waals surface area contributed by atoms with Gasteiger partial charge < -0.3 is 9.64 Å². The smallest absolute Gasteiger partial charge is 0.223 e. The van der Waals surface area contributed by atoms with E-state index in [1.54, 1.807) is 0 Å². The molecule has 1 aliphatic heterocycles. The molecule has 2 unspecified atom stereocenters. The maximum atomic E-state index is 12.6. The van der Waals surface area contributed by atoms with Crippen LogP contribution in [0, 0.1) is 0 Å². The van der Waals surface area contributed by atoms with E-state index in [4.69, 9.17) is 4.74 Å². The third kappa shape index (κ3) is 3.99. The van der Waals surface area contributed by atoms with Gasteiger partial charge in [-0.05, 0) is 24.5 Å². The molecule has 0 spiro atoms. The lowest BCUT2D eigenvalue weighted by Gasteiger charge is -2.38. The van der Waals surface area contributed by atoms with E-state index in [1.807, 2.05) is 41.3 Å². The number of carbonyl (C=O) groups excluding carboxylic acids is 1. The summed E-state index contributed by atoms with van der Waals surface area (Å²) in [7, 11) is 0. The molecule has 0 N–H and O–H groups in total. The number of hydrogen-bond donors (Lipinski definition) is 0. The van der Waals surface area contributed by atoms with Crippen molar-refractivity contribution in [2.24, 2.45) is 0 Å². The molecule has 1 fully saturated rings. The fourth-order valence-corrected chi connectivity index (χ4v) is 3.01. The summed E-state index contributed by atoms with van der Waals surface area (Å²) in [5.74, 6) is 0.214. The second-order valence-corrected chi connectivity index (χ2v) is 6.11. The average molecular weight is 309 g/mol. The normalized spacial score (nSPS) is 21.2. The molecular formula is C20H23NO2. The summed E-state index contributed by atoms with van der Waals surface area (Å²) in [6, 6.07) is 20.5. The predicted molar refractivity (Wildman–Crippen MR) is 91.1 cm³/mol. The molecule has 0 aromatic heterocycles. The Hall–Kier alpha value is -2.13. The Morgan fingerprint density at radius 3 is 2.43 bits per heavy atom. The van der Waals surface area contributed by atoms with E-state index < -0.39 is 0 Å². The number of nitrogens with zero attached hydrogens (tertiary/aromatic N) is 1. The summed E-state index contributed by atoms with van der Waals surface area (Å²) in [6.45, 7) is 3.29. The van der Waals surface area contributed by atoms with Crippen molar-refractivity contribution < 1.29 is 9.53 Å². The molecule has 23 heavy (non-hydrogen) atoms. The molecule has 3 nitrogen and oxygen atoms in total. The highest BCUT2D eigenvalue weighted by Gasteiger charge is 2.29. The van der Waals surface area contributed by atoms with Gasteiger partial charge in [0.1, 0.15) is 6.10 Å². The van der Waals surface area contributed by atoms with Crippen molar-refractivity contribution >= 4 is 5.91 Å². The van der Waals surface area contributed by atoms with E-state index >= 15 is 0 Å². The molecule has 1 saturated heterocycles. The Morgan fingerprint density at radius 1 is 1.09 bits per heavy atom. The standard InChI is InChI=1S/C20H23NO2/c1-16-15-23-19(18-10-6-3-7-11-18)14-21(16)20(22)13-12-17-8-4-2-5-9-17/h2-11,16,19H,12-15H2,1H3. The van der Waals surface area contributed by atoms with E-state index in [-0.39, 0.29) is 18.1 Å². The van der Waals surface area contributed by atoms with Crippen LogP contribution in [0.3, 0.4) is 0 Å². The quantitative estimate of drug-likeness (QED) is 0.863. The molecular weight excluding hydrogens is 286 g/mol. The van der Waals surface area contributed by atoms with Gasteiger partial charge in [0.15, 0.2) is 0 Å². The van der Waals surface area contributed by atoms with Crippen LogP contribution >= 0.6 is 0 Å². The monoisotopic (exact) mass is 309 g/mol. The maximum Gasteiger partial charge on any atom is 0.223 e. The van der Waals surface area contributed by atoms with Crippen LogP contribution in [0.15, 0.2) is 60.7 Å². The Morgan fingerprint density at radius 2 is 1.74 bits per heavy atom. The maximum absolute atomic E-state index is 12.6. The summed E-state index contributed by atoms with van der Waals surface area (Å²) in [4.78, 5) is 14.6. The van der Waals surface area contributed by atoms with E-state index in [0.29, 0.717) is 19.6 Å². The van der Waals surface area contributed by atoms with Crippen molar-refractivity contribution in [3.63, 3.8) is 0 Å². The van der Waals surface area contributed by atoms with Gasteiger partial charge in [0, 0.05) is 6.42 Å². The number of benzene rings is 2. The predicted octanol–water partition coefficient (Wildman–Crippen LogP) is 3.61. The number of morpholine rings is 1. The average Bonchev–Trinajstić information content (AvgIpc) is 2.62. The van der Waals surface area contributed by atoms with Gasteiger partial charge in [-0.25, -0.2) is 0 Å². The van der Waals surface area contributed by atoms with Crippen molar-refractivity contribution in [2.45, 2.75) is 31.9 Å². The van der Waals surface area contributed by atoms with Gasteiger partial charge in [-0.3, -0.25) is 4.79 Å². The van der Waals surface area contributed by atoms with Crippen LogP contribution in [-0.2, 0) is 16.0 Å². The van der Waals surface area contributed by atoms with Crippen molar-refractivity contribution in [3.05, 3.63) is 71.8 Å². The van der Waals surface area contributed by atoms with Crippen LogP contribution < -0.4 is 0 Å². The van der Waals surface area contributed by atoms with Crippen LogP contribution in [0.4, 0.5) is 0 Å². The van der Waals surface area contributed by atoms with Crippen LogP contribution in [0.1, 0.15) is 30.6 Å². The first-order chi connectivity index (χ1) is 11.2. The molecule has 1 amide bonds. The molecule has 0 radical (unpaired) electrons. The van der Waals surface area contributed by atoms with Gasteiger partial charge in [-0.15, -0.1) is 0 Å². The van der Waals surface area contributed by atoms with E-state index in [2.05, 4.69) is 31.2 Å². The molecule has 3 heteroatoms. The van der Waals surface area contributed by atoms with E-state index in [1.165, 1.54) is 5.56 Å². The minimum atomic E-state index is -0.0203. The Bertz CT molecular complexity index is 627. The number of hydrogen-bond acceptors (Lipinski definition) is 2.